The Labute approximate surface area is 110 Å². The van der Waals surface area contributed by atoms with Gasteiger partial charge in [-0.2, -0.15) is 0 Å². The molecular weight excluding hydrogens is 224 g/mol. The predicted molar refractivity (Wildman–Crippen MR) is 73.7 cm³/mol. The summed E-state index contributed by atoms with van der Waals surface area (Å²) in [5.74, 6) is 1.99. The van der Waals surface area contributed by atoms with Crippen LogP contribution in [0.3, 0.4) is 0 Å². The van der Waals surface area contributed by atoms with E-state index in [1.54, 1.807) is 0 Å². The van der Waals surface area contributed by atoms with E-state index in [0.29, 0.717) is 12.5 Å². The molecule has 1 N–H and O–H groups in total. The molecule has 0 heterocycles. The first-order valence-corrected chi connectivity index (χ1v) is 7.12. The lowest BCUT2D eigenvalue weighted by Crippen LogP contribution is -2.11. The molecule has 0 bridgehead atoms. The molecule has 0 aromatic heterocycles. The van der Waals surface area contributed by atoms with Gasteiger partial charge >= 0.3 is 0 Å². The molecule has 0 radical (unpaired) electrons. The predicted octanol–water partition coefficient (Wildman–Crippen LogP) is 3.95. The summed E-state index contributed by atoms with van der Waals surface area (Å²) in [6, 6.07) is 7.92. The molecule has 3 atom stereocenters. The van der Waals surface area contributed by atoms with E-state index in [1.807, 2.05) is 24.3 Å². The number of para-hydroxylation sites is 1. The Kier molecular flexibility index (Phi) is 4.65. The lowest BCUT2D eigenvalue weighted by molar-refractivity contribution is 0.105. The second-order valence-electron chi connectivity index (χ2n) is 5.51. The molecule has 1 aromatic carbocycles. The van der Waals surface area contributed by atoms with Crippen molar-refractivity contribution < 1.29 is 9.84 Å². The minimum atomic E-state index is -0.372. The fraction of sp³-hybridized carbons (Fsp3) is 0.625. The van der Waals surface area contributed by atoms with Crippen LogP contribution in [-0.2, 0) is 0 Å². The van der Waals surface area contributed by atoms with Crippen LogP contribution in [-0.4, -0.2) is 11.7 Å². The van der Waals surface area contributed by atoms with E-state index >= 15 is 0 Å². The topological polar surface area (TPSA) is 29.5 Å². The van der Waals surface area contributed by atoms with Crippen LogP contribution in [0.1, 0.15) is 51.2 Å². The molecule has 0 spiro atoms. The lowest BCUT2D eigenvalue weighted by atomic mass is 9.93. The first kappa shape index (κ1) is 13.4. The highest BCUT2D eigenvalue weighted by atomic mass is 16.5. The standard InChI is InChI=1S/C16H24O2/c1-3-10-18-15-7-5-4-6-14(15)16(17)13-9-8-12(2)11-13/h4-7,12-13,16-17H,3,8-11H2,1-2H3. The third-order valence-corrected chi connectivity index (χ3v) is 3.88. The zero-order valence-electron chi connectivity index (χ0n) is 11.4. The van der Waals surface area contributed by atoms with Crippen molar-refractivity contribution in [3.63, 3.8) is 0 Å². The van der Waals surface area contributed by atoms with Crippen molar-refractivity contribution >= 4 is 0 Å². The summed E-state index contributed by atoms with van der Waals surface area (Å²) in [4.78, 5) is 0. The van der Waals surface area contributed by atoms with Crippen LogP contribution >= 0.6 is 0 Å². The second kappa shape index (κ2) is 6.24. The van der Waals surface area contributed by atoms with Gasteiger partial charge in [-0.15, -0.1) is 0 Å². The smallest absolute Gasteiger partial charge is 0.125 e. The van der Waals surface area contributed by atoms with Crippen molar-refractivity contribution in [1.29, 1.82) is 0 Å². The summed E-state index contributed by atoms with van der Waals surface area (Å²) < 4.78 is 5.73. The Morgan fingerprint density at radius 2 is 2.11 bits per heavy atom. The molecule has 3 unspecified atom stereocenters. The van der Waals surface area contributed by atoms with Crippen LogP contribution in [0.25, 0.3) is 0 Å². The van der Waals surface area contributed by atoms with Crippen molar-refractivity contribution in [1.82, 2.24) is 0 Å². The van der Waals surface area contributed by atoms with Crippen molar-refractivity contribution in [2.75, 3.05) is 6.61 Å². The molecule has 0 amide bonds. The van der Waals surface area contributed by atoms with Crippen molar-refractivity contribution in [2.24, 2.45) is 11.8 Å². The molecule has 100 valence electrons. The quantitative estimate of drug-likeness (QED) is 0.855. The molecule has 1 fully saturated rings. The number of rotatable bonds is 5. The highest BCUT2D eigenvalue weighted by molar-refractivity contribution is 5.35. The van der Waals surface area contributed by atoms with Gasteiger partial charge < -0.3 is 9.84 Å². The molecule has 2 rings (SSSR count). The monoisotopic (exact) mass is 248 g/mol. The summed E-state index contributed by atoms with van der Waals surface area (Å²) in [6.45, 7) is 5.08. The number of ether oxygens (including phenoxy) is 1. The minimum Gasteiger partial charge on any atom is -0.493 e. The Balaban J connectivity index is 2.11. The summed E-state index contributed by atoms with van der Waals surface area (Å²) in [7, 11) is 0. The van der Waals surface area contributed by atoms with Gasteiger partial charge in [0, 0.05) is 5.56 Å². The summed E-state index contributed by atoms with van der Waals surface area (Å²) in [5.41, 5.74) is 0.963. The molecular formula is C16H24O2. The van der Waals surface area contributed by atoms with E-state index in [-0.39, 0.29) is 6.10 Å². The summed E-state index contributed by atoms with van der Waals surface area (Å²) in [5, 5.41) is 10.5. The van der Waals surface area contributed by atoms with Gasteiger partial charge in [0.1, 0.15) is 5.75 Å². The highest BCUT2D eigenvalue weighted by Gasteiger charge is 2.29. The Morgan fingerprint density at radius 1 is 1.33 bits per heavy atom. The maximum Gasteiger partial charge on any atom is 0.125 e. The van der Waals surface area contributed by atoms with Gasteiger partial charge in [-0.05, 0) is 37.2 Å². The zero-order valence-corrected chi connectivity index (χ0v) is 11.4. The van der Waals surface area contributed by atoms with Crippen molar-refractivity contribution in [3.05, 3.63) is 29.8 Å². The van der Waals surface area contributed by atoms with Crippen LogP contribution in [0, 0.1) is 11.8 Å². The number of aliphatic hydroxyl groups excluding tert-OH is 1. The molecule has 1 aliphatic rings. The SMILES string of the molecule is CCCOc1ccccc1C(O)C1CCC(C)C1. The molecule has 1 aromatic rings. The largest absolute Gasteiger partial charge is 0.493 e. The van der Waals surface area contributed by atoms with E-state index in [1.165, 1.54) is 6.42 Å². The average molecular weight is 248 g/mol. The Morgan fingerprint density at radius 3 is 2.78 bits per heavy atom. The lowest BCUT2D eigenvalue weighted by Gasteiger charge is -2.21. The van der Waals surface area contributed by atoms with E-state index in [4.69, 9.17) is 4.74 Å². The van der Waals surface area contributed by atoms with Crippen LogP contribution < -0.4 is 4.74 Å². The molecule has 1 saturated carbocycles. The van der Waals surface area contributed by atoms with Crippen LogP contribution in [0.2, 0.25) is 0 Å². The highest BCUT2D eigenvalue weighted by Crippen LogP contribution is 2.41. The molecule has 18 heavy (non-hydrogen) atoms. The van der Waals surface area contributed by atoms with E-state index in [0.717, 1.165) is 36.5 Å². The average Bonchev–Trinajstić information content (AvgIpc) is 2.82. The third kappa shape index (κ3) is 3.05. The maximum atomic E-state index is 10.5. The summed E-state index contributed by atoms with van der Waals surface area (Å²) in [6.07, 6.45) is 4.11. The molecule has 1 aliphatic carbocycles. The van der Waals surface area contributed by atoms with Gasteiger partial charge in [0.25, 0.3) is 0 Å². The van der Waals surface area contributed by atoms with Gasteiger partial charge in [0.2, 0.25) is 0 Å². The van der Waals surface area contributed by atoms with Crippen LogP contribution in [0.4, 0.5) is 0 Å². The first-order chi connectivity index (χ1) is 8.72. The normalized spacial score (nSPS) is 25.1. The van der Waals surface area contributed by atoms with E-state index < -0.39 is 0 Å². The number of hydrogen-bond acceptors (Lipinski definition) is 2. The van der Waals surface area contributed by atoms with E-state index in [9.17, 15) is 5.11 Å². The van der Waals surface area contributed by atoms with Crippen molar-refractivity contribution in [2.45, 2.75) is 45.6 Å². The summed E-state index contributed by atoms with van der Waals surface area (Å²) >= 11 is 0. The van der Waals surface area contributed by atoms with Gasteiger partial charge in [-0.3, -0.25) is 0 Å². The van der Waals surface area contributed by atoms with Crippen LogP contribution in [0.15, 0.2) is 24.3 Å². The van der Waals surface area contributed by atoms with Crippen LogP contribution in [0.5, 0.6) is 5.75 Å². The minimum absolute atomic E-state index is 0.372. The molecule has 2 nitrogen and oxygen atoms in total. The molecule has 0 aliphatic heterocycles. The fourth-order valence-electron chi connectivity index (χ4n) is 2.86. The number of aliphatic hydroxyl groups is 1. The maximum absolute atomic E-state index is 10.5. The Hall–Kier alpha value is -1.02. The zero-order chi connectivity index (χ0) is 13.0. The number of benzene rings is 1. The van der Waals surface area contributed by atoms with Gasteiger partial charge in [0.05, 0.1) is 12.7 Å². The van der Waals surface area contributed by atoms with E-state index in [2.05, 4.69) is 13.8 Å². The second-order valence-corrected chi connectivity index (χ2v) is 5.51. The Bertz CT molecular complexity index is 375. The van der Waals surface area contributed by atoms with Gasteiger partial charge in [-0.1, -0.05) is 38.5 Å². The first-order valence-electron chi connectivity index (χ1n) is 7.12. The van der Waals surface area contributed by atoms with Crippen molar-refractivity contribution in [3.8, 4) is 5.75 Å². The van der Waals surface area contributed by atoms with Gasteiger partial charge in [-0.25, -0.2) is 0 Å². The fourth-order valence-corrected chi connectivity index (χ4v) is 2.86. The van der Waals surface area contributed by atoms with Gasteiger partial charge in [0.15, 0.2) is 0 Å². The number of hydrogen-bond donors (Lipinski definition) is 1. The molecule has 2 heteroatoms. The molecule has 0 saturated heterocycles. The third-order valence-electron chi connectivity index (χ3n) is 3.88.